The van der Waals surface area contributed by atoms with Crippen LogP contribution in [-0.2, 0) is 4.79 Å². The van der Waals surface area contributed by atoms with Crippen molar-refractivity contribution in [1.29, 1.82) is 0 Å². The molecule has 1 aliphatic heterocycles. The molecular formula is C13H14N2O2S. The Labute approximate surface area is 109 Å². The fourth-order valence-corrected chi connectivity index (χ4v) is 3.35. The number of aromatic amines is 1. The molecule has 1 atom stereocenters. The van der Waals surface area contributed by atoms with Crippen LogP contribution in [0.1, 0.15) is 6.42 Å². The summed E-state index contributed by atoms with van der Waals surface area (Å²) in [6.07, 6.45) is 2.38. The van der Waals surface area contributed by atoms with Crippen LogP contribution in [0.5, 0.6) is 0 Å². The number of H-pyrrole nitrogens is 1. The van der Waals surface area contributed by atoms with E-state index < -0.39 is 5.60 Å². The highest BCUT2D eigenvalue weighted by atomic mass is 32.2. The fraction of sp³-hybridized carbons (Fsp3) is 0.308. The molecule has 4 nitrogen and oxygen atoms in total. The third-order valence-corrected chi connectivity index (χ3v) is 4.41. The van der Waals surface area contributed by atoms with Crippen LogP contribution >= 0.6 is 11.8 Å². The Hall–Kier alpha value is -1.46. The highest BCUT2D eigenvalue weighted by molar-refractivity contribution is 7.99. The van der Waals surface area contributed by atoms with Crippen LogP contribution in [-0.4, -0.2) is 33.1 Å². The number of rotatable bonds is 2. The van der Waals surface area contributed by atoms with Crippen molar-refractivity contribution in [3.05, 3.63) is 30.5 Å². The topological polar surface area (TPSA) is 65.1 Å². The van der Waals surface area contributed by atoms with E-state index in [1.165, 1.54) is 0 Å². The van der Waals surface area contributed by atoms with Crippen LogP contribution < -0.4 is 5.32 Å². The first kappa shape index (κ1) is 11.6. The SMILES string of the molecule is O=C(Nc1ccc2[nH]ccc2c1)C1(O)CCSC1. The van der Waals surface area contributed by atoms with Gasteiger partial charge in [-0.2, -0.15) is 11.8 Å². The lowest BCUT2D eigenvalue weighted by atomic mass is 10.0. The predicted octanol–water partition coefficient (Wildman–Crippen LogP) is 1.97. The van der Waals surface area contributed by atoms with E-state index in [0.29, 0.717) is 12.2 Å². The average Bonchev–Trinajstić information content (AvgIpc) is 2.98. The number of nitrogens with one attached hydrogen (secondary N) is 2. The van der Waals surface area contributed by atoms with Gasteiger partial charge < -0.3 is 15.4 Å². The third-order valence-electron chi connectivity index (χ3n) is 3.23. The number of hydrogen-bond donors (Lipinski definition) is 3. The van der Waals surface area contributed by atoms with E-state index in [9.17, 15) is 9.90 Å². The number of benzene rings is 1. The normalized spacial score (nSPS) is 23.4. The van der Waals surface area contributed by atoms with Gasteiger partial charge in [0, 0.05) is 28.5 Å². The van der Waals surface area contributed by atoms with Crippen molar-refractivity contribution in [1.82, 2.24) is 4.98 Å². The molecule has 2 heterocycles. The van der Waals surface area contributed by atoms with E-state index in [1.54, 1.807) is 11.8 Å². The fourth-order valence-electron chi connectivity index (χ4n) is 2.11. The Morgan fingerprint density at radius 3 is 3.11 bits per heavy atom. The number of amides is 1. The number of thioether (sulfide) groups is 1. The Kier molecular flexibility index (Phi) is 2.80. The van der Waals surface area contributed by atoms with Gasteiger partial charge in [-0.3, -0.25) is 4.79 Å². The zero-order chi connectivity index (χ0) is 12.6. The van der Waals surface area contributed by atoms with Gasteiger partial charge in [-0.15, -0.1) is 0 Å². The molecule has 94 valence electrons. The lowest BCUT2D eigenvalue weighted by Crippen LogP contribution is -2.42. The zero-order valence-electron chi connectivity index (χ0n) is 9.77. The number of carbonyl (C=O) groups excluding carboxylic acids is 1. The number of carbonyl (C=O) groups is 1. The monoisotopic (exact) mass is 262 g/mol. The van der Waals surface area contributed by atoms with Crippen LogP contribution in [0, 0.1) is 0 Å². The van der Waals surface area contributed by atoms with Crippen LogP contribution in [0.15, 0.2) is 30.5 Å². The second-order valence-corrected chi connectivity index (χ2v) is 5.67. The highest BCUT2D eigenvalue weighted by Crippen LogP contribution is 2.29. The molecule has 1 saturated heterocycles. The number of aliphatic hydroxyl groups is 1. The lowest BCUT2D eigenvalue weighted by Gasteiger charge is -2.20. The summed E-state index contributed by atoms with van der Waals surface area (Å²) < 4.78 is 0. The van der Waals surface area contributed by atoms with E-state index >= 15 is 0 Å². The third kappa shape index (κ3) is 2.00. The molecule has 1 amide bonds. The molecule has 1 aliphatic rings. The van der Waals surface area contributed by atoms with Crippen LogP contribution in [0.4, 0.5) is 5.69 Å². The molecule has 1 aromatic heterocycles. The standard InChI is InChI=1S/C13H14N2O2S/c16-12(13(17)4-6-18-8-13)15-10-1-2-11-9(7-10)3-5-14-11/h1-3,5,7,14,17H,4,6,8H2,(H,15,16). The smallest absolute Gasteiger partial charge is 0.257 e. The average molecular weight is 262 g/mol. The molecule has 2 aromatic rings. The largest absolute Gasteiger partial charge is 0.379 e. The van der Waals surface area contributed by atoms with Gasteiger partial charge in [0.25, 0.3) is 5.91 Å². The summed E-state index contributed by atoms with van der Waals surface area (Å²) >= 11 is 1.61. The van der Waals surface area contributed by atoms with Gasteiger partial charge in [0.15, 0.2) is 5.60 Å². The highest BCUT2D eigenvalue weighted by Gasteiger charge is 2.39. The Morgan fingerprint density at radius 1 is 1.44 bits per heavy atom. The number of aromatic nitrogens is 1. The van der Waals surface area contributed by atoms with Gasteiger partial charge in [0.1, 0.15) is 0 Å². The summed E-state index contributed by atoms with van der Waals surface area (Å²) in [5, 5.41) is 14.0. The van der Waals surface area contributed by atoms with Crippen LogP contribution in [0.2, 0.25) is 0 Å². The molecule has 0 aliphatic carbocycles. The van der Waals surface area contributed by atoms with Crippen molar-refractivity contribution in [2.45, 2.75) is 12.0 Å². The summed E-state index contributed by atoms with van der Waals surface area (Å²) in [5.41, 5.74) is 0.540. The summed E-state index contributed by atoms with van der Waals surface area (Å²) in [6, 6.07) is 7.60. The summed E-state index contributed by atoms with van der Waals surface area (Å²) in [5.74, 6) is 1.01. The summed E-state index contributed by atoms with van der Waals surface area (Å²) in [7, 11) is 0. The maximum atomic E-state index is 12.0. The first-order valence-corrected chi connectivity index (χ1v) is 7.02. The second kappa shape index (κ2) is 4.33. The molecule has 3 rings (SSSR count). The van der Waals surface area contributed by atoms with Crippen molar-refractivity contribution in [2.75, 3.05) is 16.8 Å². The van der Waals surface area contributed by atoms with Gasteiger partial charge in [0.2, 0.25) is 0 Å². The molecule has 0 saturated carbocycles. The summed E-state index contributed by atoms with van der Waals surface area (Å²) in [4.78, 5) is 15.1. The van der Waals surface area contributed by atoms with Crippen LogP contribution in [0.3, 0.4) is 0 Å². The first-order chi connectivity index (χ1) is 8.67. The van der Waals surface area contributed by atoms with E-state index in [4.69, 9.17) is 0 Å². The van der Waals surface area contributed by atoms with E-state index in [2.05, 4.69) is 10.3 Å². The minimum atomic E-state index is -1.21. The molecule has 0 spiro atoms. The van der Waals surface area contributed by atoms with Gasteiger partial charge in [0.05, 0.1) is 0 Å². The number of anilines is 1. The van der Waals surface area contributed by atoms with Crippen molar-refractivity contribution < 1.29 is 9.90 Å². The van der Waals surface area contributed by atoms with E-state index in [0.717, 1.165) is 22.3 Å². The molecule has 0 radical (unpaired) electrons. The minimum absolute atomic E-state index is 0.303. The van der Waals surface area contributed by atoms with Gasteiger partial charge >= 0.3 is 0 Å². The van der Waals surface area contributed by atoms with Gasteiger partial charge in [-0.25, -0.2) is 0 Å². The van der Waals surface area contributed by atoms with E-state index in [-0.39, 0.29) is 5.91 Å². The van der Waals surface area contributed by atoms with Crippen molar-refractivity contribution in [2.24, 2.45) is 0 Å². The number of hydrogen-bond acceptors (Lipinski definition) is 3. The lowest BCUT2D eigenvalue weighted by molar-refractivity contribution is -0.131. The quantitative estimate of drug-likeness (QED) is 0.775. The van der Waals surface area contributed by atoms with Crippen molar-refractivity contribution >= 4 is 34.3 Å². The maximum absolute atomic E-state index is 12.0. The summed E-state index contributed by atoms with van der Waals surface area (Å²) in [6.45, 7) is 0. The maximum Gasteiger partial charge on any atom is 0.257 e. The zero-order valence-corrected chi connectivity index (χ0v) is 10.6. The Morgan fingerprint density at radius 2 is 2.33 bits per heavy atom. The van der Waals surface area contributed by atoms with Crippen LogP contribution in [0.25, 0.3) is 10.9 Å². The molecular weight excluding hydrogens is 248 g/mol. The first-order valence-electron chi connectivity index (χ1n) is 5.86. The van der Waals surface area contributed by atoms with Gasteiger partial charge in [-0.1, -0.05) is 0 Å². The van der Waals surface area contributed by atoms with Crippen molar-refractivity contribution in [3.8, 4) is 0 Å². The Balaban J connectivity index is 1.81. The number of fused-ring (bicyclic) bond motifs is 1. The predicted molar refractivity (Wildman–Crippen MR) is 73.8 cm³/mol. The van der Waals surface area contributed by atoms with E-state index in [1.807, 2.05) is 30.5 Å². The molecule has 1 fully saturated rings. The molecule has 3 N–H and O–H groups in total. The molecule has 0 bridgehead atoms. The molecule has 5 heteroatoms. The molecule has 18 heavy (non-hydrogen) atoms. The van der Waals surface area contributed by atoms with Crippen molar-refractivity contribution in [3.63, 3.8) is 0 Å². The minimum Gasteiger partial charge on any atom is -0.379 e. The van der Waals surface area contributed by atoms with Gasteiger partial charge in [-0.05, 0) is 36.4 Å². The molecule has 1 unspecified atom stereocenters. The second-order valence-electron chi connectivity index (χ2n) is 4.57. The molecule has 1 aromatic carbocycles. The Bertz CT molecular complexity index is 587.